The molecule has 0 radical (unpaired) electrons. The minimum absolute atomic E-state index is 0.00664. The molecular weight excluding hydrogens is 256 g/mol. The van der Waals surface area contributed by atoms with Gasteiger partial charge in [0.1, 0.15) is 0 Å². The van der Waals surface area contributed by atoms with Crippen molar-refractivity contribution in [2.24, 2.45) is 0 Å². The fourth-order valence-electron chi connectivity index (χ4n) is 1.23. The average molecular weight is 273 g/mol. The van der Waals surface area contributed by atoms with Crippen LogP contribution in [0, 0.1) is 0 Å². The lowest BCUT2D eigenvalue weighted by Gasteiger charge is -2.06. The molecule has 3 nitrogen and oxygen atoms in total. The van der Waals surface area contributed by atoms with Crippen molar-refractivity contribution >= 4 is 40.6 Å². The van der Waals surface area contributed by atoms with Crippen LogP contribution in [0.3, 0.4) is 0 Å². The van der Waals surface area contributed by atoms with E-state index in [9.17, 15) is 4.79 Å². The summed E-state index contributed by atoms with van der Waals surface area (Å²) in [4.78, 5) is 11.6. The molecule has 0 aliphatic rings. The summed E-state index contributed by atoms with van der Waals surface area (Å²) in [5, 5.41) is 3.29. The van der Waals surface area contributed by atoms with Crippen LogP contribution in [0.5, 0.6) is 0 Å². The molecule has 0 saturated heterocycles. The van der Waals surface area contributed by atoms with Gasteiger partial charge in [0.25, 0.3) is 0 Å². The number of rotatable bonds is 6. The largest absolute Gasteiger partial charge is 0.397 e. The van der Waals surface area contributed by atoms with E-state index in [1.165, 1.54) is 0 Å². The van der Waals surface area contributed by atoms with E-state index in [0.717, 1.165) is 18.6 Å². The van der Waals surface area contributed by atoms with Gasteiger partial charge in [-0.25, -0.2) is 0 Å². The Kier molecular flexibility index (Phi) is 6.22. The second kappa shape index (κ2) is 7.45. The van der Waals surface area contributed by atoms with Gasteiger partial charge in [-0.3, -0.25) is 4.79 Å². The summed E-state index contributed by atoms with van der Waals surface area (Å²) >= 11 is 7.44. The lowest BCUT2D eigenvalue weighted by molar-refractivity contribution is -0.113. The Bertz CT molecular complexity index is 385. The third-order valence-corrected chi connectivity index (χ3v) is 3.54. The quantitative estimate of drug-likeness (QED) is 0.616. The minimum atomic E-state index is -0.00664. The number of halogens is 1. The van der Waals surface area contributed by atoms with Gasteiger partial charge in [-0.2, -0.15) is 11.8 Å². The highest BCUT2D eigenvalue weighted by Gasteiger charge is 2.04. The van der Waals surface area contributed by atoms with Crippen LogP contribution in [0.4, 0.5) is 11.4 Å². The van der Waals surface area contributed by atoms with Gasteiger partial charge in [0.15, 0.2) is 0 Å². The van der Waals surface area contributed by atoms with Crippen LogP contribution in [0.2, 0.25) is 5.02 Å². The zero-order chi connectivity index (χ0) is 12.7. The minimum Gasteiger partial charge on any atom is -0.397 e. The molecule has 0 fully saturated rings. The van der Waals surface area contributed by atoms with E-state index in [4.69, 9.17) is 17.3 Å². The molecule has 0 saturated carbocycles. The summed E-state index contributed by atoms with van der Waals surface area (Å²) in [5.41, 5.74) is 6.81. The SMILES string of the molecule is CCCCSCC(=O)Nc1ccc(Cl)c(N)c1. The molecule has 0 heterocycles. The van der Waals surface area contributed by atoms with Gasteiger partial charge in [-0.05, 0) is 30.4 Å². The highest BCUT2D eigenvalue weighted by atomic mass is 35.5. The number of unbranched alkanes of at least 4 members (excludes halogenated alkanes) is 1. The second-order valence-corrected chi connectivity index (χ2v) is 5.20. The Labute approximate surface area is 111 Å². The van der Waals surface area contributed by atoms with Crippen molar-refractivity contribution in [2.45, 2.75) is 19.8 Å². The molecular formula is C12H17ClN2OS. The van der Waals surface area contributed by atoms with Crippen molar-refractivity contribution < 1.29 is 4.79 Å². The van der Waals surface area contributed by atoms with Gasteiger partial charge < -0.3 is 11.1 Å². The number of nitrogens with two attached hydrogens (primary N) is 1. The maximum atomic E-state index is 11.6. The molecule has 1 aromatic carbocycles. The lowest BCUT2D eigenvalue weighted by atomic mass is 10.3. The maximum Gasteiger partial charge on any atom is 0.234 e. The summed E-state index contributed by atoms with van der Waals surface area (Å²) in [5.74, 6) is 1.49. The highest BCUT2D eigenvalue weighted by molar-refractivity contribution is 7.99. The third-order valence-electron chi connectivity index (χ3n) is 2.16. The number of anilines is 2. The normalized spacial score (nSPS) is 10.2. The Morgan fingerprint density at radius 2 is 2.29 bits per heavy atom. The van der Waals surface area contributed by atoms with E-state index in [2.05, 4.69) is 12.2 Å². The van der Waals surface area contributed by atoms with Crippen LogP contribution in [0.15, 0.2) is 18.2 Å². The molecule has 0 atom stereocenters. The molecule has 1 aromatic rings. The molecule has 94 valence electrons. The van der Waals surface area contributed by atoms with Crippen molar-refractivity contribution in [1.82, 2.24) is 0 Å². The van der Waals surface area contributed by atoms with Gasteiger partial charge in [-0.15, -0.1) is 0 Å². The maximum absolute atomic E-state index is 11.6. The summed E-state index contributed by atoms with van der Waals surface area (Å²) in [6, 6.07) is 5.08. The lowest BCUT2D eigenvalue weighted by Crippen LogP contribution is -2.14. The first-order valence-electron chi connectivity index (χ1n) is 5.56. The zero-order valence-electron chi connectivity index (χ0n) is 9.83. The fourth-order valence-corrected chi connectivity index (χ4v) is 2.24. The molecule has 1 amide bonds. The summed E-state index contributed by atoms with van der Waals surface area (Å²) in [6.07, 6.45) is 2.30. The van der Waals surface area contributed by atoms with E-state index in [-0.39, 0.29) is 5.91 Å². The van der Waals surface area contributed by atoms with Crippen molar-refractivity contribution in [2.75, 3.05) is 22.6 Å². The van der Waals surface area contributed by atoms with Gasteiger partial charge in [0.2, 0.25) is 5.91 Å². The molecule has 3 N–H and O–H groups in total. The van der Waals surface area contributed by atoms with Gasteiger partial charge in [0.05, 0.1) is 16.5 Å². The van der Waals surface area contributed by atoms with Gasteiger partial charge >= 0.3 is 0 Å². The number of amides is 1. The number of carbonyl (C=O) groups is 1. The standard InChI is InChI=1S/C12H17ClN2OS/c1-2-3-6-17-8-12(16)15-9-4-5-10(13)11(14)7-9/h4-5,7H,2-3,6,8,14H2,1H3,(H,15,16). The fraction of sp³-hybridized carbons (Fsp3) is 0.417. The van der Waals surface area contributed by atoms with E-state index in [0.29, 0.717) is 22.2 Å². The molecule has 0 unspecified atom stereocenters. The third kappa shape index (κ3) is 5.33. The molecule has 0 spiro atoms. The number of hydrogen-bond acceptors (Lipinski definition) is 3. The number of benzene rings is 1. The summed E-state index contributed by atoms with van der Waals surface area (Å²) in [7, 11) is 0. The number of hydrogen-bond donors (Lipinski definition) is 2. The van der Waals surface area contributed by atoms with Crippen LogP contribution >= 0.6 is 23.4 Å². The van der Waals surface area contributed by atoms with E-state index >= 15 is 0 Å². The van der Waals surface area contributed by atoms with Crippen molar-refractivity contribution in [3.8, 4) is 0 Å². The monoisotopic (exact) mass is 272 g/mol. The predicted molar refractivity (Wildman–Crippen MR) is 76.7 cm³/mol. The van der Waals surface area contributed by atoms with Gasteiger partial charge in [-0.1, -0.05) is 24.9 Å². The smallest absolute Gasteiger partial charge is 0.234 e. The van der Waals surface area contributed by atoms with E-state index < -0.39 is 0 Å². The van der Waals surface area contributed by atoms with E-state index in [1.54, 1.807) is 30.0 Å². The molecule has 1 rings (SSSR count). The first-order valence-corrected chi connectivity index (χ1v) is 7.09. The van der Waals surface area contributed by atoms with Gasteiger partial charge in [0, 0.05) is 5.69 Å². The Morgan fingerprint density at radius 1 is 1.53 bits per heavy atom. The summed E-state index contributed by atoms with van der Waals surface area (Å²) < 4.78 is 0. The molecule has 0 aromatic heterocycles. The number of carbonyl (C=O) groups excluding carboxylic acids is 1. The number of nitrogens with one attached hydrogen (secondary N) is 1. The molecule has 0 bridgehead atoms. The first-order chi connectivity index (χ1) is 8.13. The van der Waals surface area contributed by atoms with Crippen LogP contribution in [-0.4, -0.2) is 17.4 Å². The molecule has 0 aliphatic carbocycles. The predicted octanol–water partition coefficient (Wildman–Crippen LogP) is 3.39. The van der Waals surface area contributed by atoms with Crippen LogP contribution in [0.1, 0.15) is 19.8 Å². The zero-order valence-corrected chi connectivity index (χ0v) is 11.4. The molecule has 17 heavy (non-hydrogen) atoms. The molecule has 0 aliphatic heterocycles. The van der Waals surface area contributed by atoms with E-state index in [1.807, 2.05) is 0 Å². The second-order valence-electron chi connectivity index (χ2n) is 3.69. The van der Waals surface area contributed by atoms with Crippen molar-refractivity contribution in [3.63, 3.8) is 0 Å². The Balaban J connectivity index is 2.37. The van der Waals surface area contributed by atoms with Crippen LogP contribution < -0.4 is 11.1 Å². The van der Waals surface area contributed by atoms with Crippen molar-refractivity contribution in [3.05, 3.63) is 23.2 Å². The van der Waals surface area contributed by atoms with Crippen molar-refractivity contribution in [1.29, 1.82) is 0 Å². The number of thioether (sulfide) groups is 1. The first kappa shape index (κ1) is 14.2. The Hall–Kier alpha value is -0.870. The summed E-state index contributed by atoms with van der Waals surface area (Å²) in [6.45, 7) is 2.14. The number of nitrogen functional groups attached to an aromatic ring is 1. The Morgan fingerprint density at radius 3 is 2.94 bits per heavy atom. The van der Waals surface area contributed by atoms with Crippen LogP contribution in [-0.2, 0) is 4.79 Å². The molecule has 5 heteroatoms. The average Bonchev–Trinajstić information content (AvgIpc) is 2.30. The highest BCUT2D eigenvalue weighted by Crippen LogP contribution is 2.22. The van der Waals surface area contributed by atoms with Crippen LogP contribution in [0.25, 0.3) is 0 Å². The topological polar surface area (TPSA) is 55.1 Å².